The van der Waals surface area contributed by atoms with Gasteiger partial charge in [0.15, 0.2) is 0 Å². The molecule has 0 heterocycles. The number of hydrogen-bond donors (Lipinski definition) is 0. The topological polar surface area (TPSA) is 57.1 Å². The van der Waals surface area contributed by atoms with E-state index in [2.05, 4.69) is 17.3 Å². The second kappa shape index (κ2) is 8.74. The van der Waals surface area contributed by atoms with Crippen LogP contribution >= 0.6 is 0 Å². The van der Waals surface area contributed by atoms with Crippen molar-refractivity contribution in [2.45, 2.75) is 33.5 Å². The first-order valence-corrected chi connectivity index (χ1v) is 8.14. The molecule has 0 unspecified atom stereocenters. The summed E-state index contributed by atoms with van der Waals surface area (Å²) in [5.74, 6) is 0.791. The lowest BCUT2D eigenvalue weighted by Crippen LogP contribution is -2.02. The summed E-state index contributed by atoms with van der Waals surface area (Å²) >= 11 is 0. The fourth-order valence-corrected chi connectivity index (χ4v) is 3.24. The number of ether oxygens (including phenoxy) is 3. The maximum Gasteiger partial charge on any atom is 0.127 e. The van der Waals surface area contributed by atoms with Gasteiger partial charge in [-0.15, -0.1) is 4.91 Å². The molecule has 0 fully saturated rings. The molecule has 5 heteroatoms. The molecule has 2 aromatic carbocycles. The Morgan fingerprint density at radius 3 is 1.88 bits per heavy atom. The van der Waals surface area contributed by atoms with Gasteiger partial charge in [-0.2, -0.15) is 0 Å². The number of hydrogen-bond acceptors (Lipinski definition) is 5. The molecule has 134 valence electrons. The Hall–Kier alpha value is -2.24. The van der Waals surface area contributed by atoms with Crippen LogP contribution in [0.2, 0.25) is 0 Å². The molecular formula is C20H25NO4. The Kier molecular flexibility index (Phi) is 6.67. The van der Waals surface area contributed by atoms with Crippen LogP contribution in [0.15, 0.2) is 29.4 Å². The molecule has 0 aliphatic rings. The zero-order valence-electron chi connectivity index (χ0n) is 15.5. The van der Waals surface area contributed by atoms with E-state index in [0.717, 1.165) is 39.1 Å². The first kappa shape index (κ1) is 19.1. The molecule has 0 saturated carbocycles. The molecule has 2 aromatic rings. The maximum atomic E-state index is 11.5. The molecule has 0 bridgehead atoms. The number of methoxy groups -OCH3 is 3. The maximum absolute atomic E-state index is 11.5. The van der Waals surface area contributed by atoms with Crippen molar-refractivity contribution in [1.82, 2.24) is 0 Å². The van der Waals surface area contributed by atoms with Gasteiger partial charge in [0.2, 0.25) is 0 Å². The van der Waals surface area contributed by atoms with E-state index < -0.39 is 0 Å². The van der Waals surface area contributed by atoms with Crippen molar-refractivity contribution >= 4 is 5.69 Å². The van der Waals surface area contributed by atoms with E-state index in [1.54, 1.807) is 21.3 Å². The zero-order chi connectivity index (χ0) is 18.4. The predicted molar refractivity (Wildman–Crippen MR) is 98.6 cm³/mol. The molecular weight excluding hydrogens is 318 g/mol. The highest BCUT2D eigenvalue weighted by molar-refractivity contribution is 5.58. The fourth-order valence-electron chi connectivity index (χ4n) is 3.24. The monoisotopic (exact) mass is 343 g/mol. The second-order valence-corrected chi connectivity index (χ2v) is 6.18. The molecule has 0 N–H and O–H groups in total. The van der Waals surface area contributed by atoms with Crippen molar-refractivity contribution in [2.24, 2.45) is 5.18 Å². The normalized spacial score (nSPS) is 10.8. The number of benzene rings is 2. The van der Waals surface area contributed by atoms with Crippen molar-refractivity contribution in [3.63, 3.8) is 0 Å². The molecule has 0 radical (unpaired) electrons. The zero-order valence-corrected chi connectivity index (χ0v) is 15.5. The SMILES string of the molecule is COCc1cc(C)cc(Cc2cc(C)cc(COC)c2OC)c1N=O. The minimum atomic E-state index is 0.357. The molecule has 0 spiro atoms. The smallest absolute Gasteiger partial charge is 0.127 e. The van der Waals surface area contributed by atoms with Crippen molar-refractivity contribution < 1.29 is 14.2 Å². The van der Waals surface area contributed by atoms with E-state index in [-0.39, 0.29) is 0 Å². The quantitative estimate of drug-likeness (QED) is 0.658. The van der Waals surface area contributed by atoms with E-state index in [1.165, 1.54) is 0 Å². The molecule has 0 aliphatic carbocycles. The average Bonchev–Trinajstić information content (AvgIpc) is 2.55. The van der Waals surface area contributed by atoms with Crippen LogP contribution in [0, 0.1) is 18.8 Å². The third-order valence-electron chi connectivity index (χ3n) is 4.08. The highest BCUT2D eigenvalue weighted by Gasteiger charge is 2.16. The van der Waals surface area contributed by atoms with Gasteiger partial charge < -0.3 is 14.2 Å². The molecule has 0 saturated heterocycles. The predicted octanol–water partition coefficient (Wildman–Crippen LogP) is 4.59. The van der Waals surface area contributed by atoms with Gasteiger partial charge in [-0.25, -0.2) is 0 Å². The minimum Gasteiger partial charge on any atom is -0.496 e. The molecule has 0 aromatic heterocycles. The Morgan fingerprint density at radius 1 is 0.800 bits per heavy atom. The Labute approximate surface area is 148 Å². The van der Waals surface area contributed by atoms with Crippen LogP contribution in [0.4, 0.5) is 5.69 Å². The Bertz CT molecular complexity index is 756. The summed E-state index contributed by atoms with van der Waals surface area (Å²) in [6, 6.07) is 8.06. The lowest BCUT2D eigenvalue weighted by atomic mass is 9.95. The summed E-state index contributed by atoms with van der Waals surface area (Å²) < 4.78 is 16.1. The van der Waals surface area contributed by atoms with Crippen molar-refractivity contribution in [3.05, 3.63) is 62.6 Å². The van der Waals surface area contributed by atoms with Crippen molar-refractivity contribution in [2.75, 3.05) is 21.3 Å². The molecule has 0 atom stereocenters. The van der Waals surface area contributed by atoms with Crippen LogP contribution in [-0.2, 0) is 29.1 Å². The summed E-state index contributed by atoms with van der Waals surface area (Å²) in [7, 11) is 4.92. The second-order valence-electron chi connectivity index (χ2n) is 6.18. The van der Waals surface area contributed by atoms with Crippen LogP contribution in [0.5, 0.6) is 5.75 Å². The standard InChI is InChI=1S/C20H25NO4/c1-13-6-15(19(21-22)17(8-13)11-23-3)10-16-7-14(2)9-18(12-24-4)20(16)25-5/h6-9H,10-12H2,1-5H3. The number of rotatable bonds is 8. The lowest BCUT2D eigenvalue weighted by Gasteiger charge is -2.16. The average molecular weight is 343 g/mol. The Balaban J connectivity index is 2.54. The van der Waals surface area contributed by atoms with E-state index in [1.807, 2.05) is 26.0 Å². The van der Waals surface area contributed by atoms with Crippen LogP contribution < -0.4 is 4.74 Å². The summed E-state index contributed by atoms with van der Waals surface area (Å²) in [5, 5.41) is 3.27. The summed E-state index contributed by atoms with van der Waals surface area (Å²) in [6.07, 6.45) is 0.557. The van der Waals surface area contributed by atoms with Gasteiger partial charge in [0, 0.05) is 31.8 Å². The van der Waals surface area contributed by atoms with Gasteiger partial charge in [-0.3, -0.25) is 0 Å². The van der Waals surface area contributed by atoms with Crippen LogP contribution in [0.3, 0.4) is 0 Å². The van der Waals surface area contributed by atoms with E-state index in [0.29, 0.717) is 25.3 Å². The van der Waals surface area contributed by atoms with E-state index in [4.69, 9.17) is 14.2 Å². The minimum absolute atomic E-state index is 0.357. The molecule has 2 rings (SSSR count). The van der Waals surface area contributed by atoms with E-state index >= 15 is 0 Å². The summed E-state index contributed by atoms with van der Waals surface area (Å²) in [5.41, 5.74) is 6.31. The van der Waals surface area contributed by atoms with Gasteiger partial charge in [0.05, 0.1) is 20.3 Å². The molecule has 25 heavy (non-hydrogen) atoms. The Morgan fingerprint density at radius 2 is 1.32 bits per heavy atom. The highest BCUT2D eigenvalue weighted by Crippen LogP contribution is 2.33. The molecule has 0 aliphatic heterocycles. The first-order valence-electron chi connectivity index (χ1n) is 8.14. The molecule has 0 amide bonds. The third kappa shape index (κ3) is 4.44. The van der Waals surface area contributed by atoms with Crippen LogP contribution in [-0.4, -0.2) is 21.3 Å². The summed E-state index contributed by atoms with van der Waals surface area (Å²) in [6.45, 7) is 4.86. The van der Waals surface area contributed by atoms with Crippen LogP contribution in [0.25, 0.3) is 0 Å². The molecule has 5 nitrogen and oxygen atoms in total. The third-order valence-corrected chi connectivity index (χ3v) is 4.08. The largest absolute Gasteiger partial charge is 0.496 e. The van der Waals surface area contributed by atoms with Gasteiger partial charge in [0.1, 0.15) is 11.4 Å². The number of nitrogens with zero attached hydrogens (tertiary/aromatic N) is 1. The fraction of sp³-hybridized carbons (Fsp3) is 0.400. The van der Waals surface area contributed by atoms with Gasteiger partial charge in [0.25, 0.3) is 0 Å². The van der Waals surface area contributed by atoms with Crippen molar-refractivity contribution in [1.29, 1.82) is 0 Å². The number of nitroso groups, excluding NO2 is 1. The van der Waals surface area contributed by atoms with E-state index in [9.17, 15) is 4.91 Å². The first-order chi connectivity index (χ1) is 12.0. The summed E-state index contributed by atoms with van der Waals surface area (Å²) in [4.78, 5) is 11.5. The van der Waals surface area contributed by atoms with Gasteiger partial charge in [-0.05, 0) is 30.2 Å². The number of aryl methyl sites for hydroxylation is 2. The van der Waals surface area contributed by atoms with Crippen LogP contribution in [0.1, 0.15) is 33.4 Å². The lowest BCUT2D eigenvalue weighted by molar-refractivity contribution is 0.181. The van der Waals surface area contributed by atoms with Gasteiger partial charge >= 0.3 is 0 Å². The van der Waals surface area contributed by atoms with Gasteiger partial charge in [-0.1, -0.05) is 35.4 Å². The van der Waals surface area contributed by atoms with Crippen molar-refractivity contribution in [3.8, 4) is 5.75 Å². The highest BCUT2D eigenvalue weighted by atomic mass is 16.5.